The second kappa shape index (κ2) is 11.7. The molecule has 0 heterocycles. The lowest BCUT2D eigenvalue weighted by Gasteiger charge is -2.36. The molecule has 0 saturated carbocycles. The van der Waals surface area contributed by atoms with Gasteiger partial charge in [0.2, 0.25) is 0 Å². The molecule has 2 rings (SSSR count). The molecular formula is C26H41BrOSi. The van der Waals surface area contributed by atoms with Crippen molar-refractivity contribution >= 4 is 35.0 Å². The van der Waals surface area contributed by atoms with Crippen LogP contribution in [0.25, 0.3) is 10.8 Å². The number of alkyl halides is 1. The number of fused-ring (bicyclic) bond motifs is 1. The molecule has 162 valence electrons. The minimum atomic E-state index is -1.55. The van der Waals surface area contributed by atoms with Gasteiger partial charge in [0.15, 0.2) is 8.32 Å². The summed E-state index contributed by atoms with van der Waals surface area (Å²) in [5, 5.41) is 3.97. The zero-order chi connectivity index (χ0) is 21.3. The van der Waals surface area contributed by atoms with Crippen LogP contribution in [0.3, 0.4) is 0 Å². The Labute approximate surface area is 188 Å². The molecule has 3 heteroatoms. The van der Waals surface area contributed by atoms with Crippen molar-refractivity contribution in [2.75, 3.05) is 6.61 Å². The average molecular weight is 478 g/mol. The fourth-order valence-electron chi connectivity index (χ4n) is 3.44. The minimum absolute atomic E-state index is 0.328. The monoisotopic (exact) mass is 476 g/mol. The Morgan fingerprint density at radius 1 is 0.759 bits per heavy atom. The first-order valence-electron chi connectivity index (χ1n) is 11.4. The highest BCUT2D eigenvalue weighted by atomic mass is 79.9. The van der Waals surface area contributed by atoms with Gasteiger partial charge in [0, 0.05) is 11.9 Å². The van der Waals surface area contributed by atoms with Crippen LogP contribution in [0.4, 0.5) is 0 Å². The van der Waals surface area contributed by atoms with Crippen LogP contribution < -0.4 is 0 Å². The van der Waals surface area contributed by atoms with Crippen LogP contribution in [0.5, 0.6) is 0 Å². The topological polar surface area (TPSA) is 9.23 Å². The molecule has 0 saturated heterocycles. The molecule has 0 aliphatic rings. The fourth-order valence-corrected chi connectivity index (χ4v) is 4.88. The Morgan fingerprint density at radius 2 is 1.31 bits per heavy atom. The van der Waals surface area contributed by atoms with Gasteiger partial charge in [-0.25, -0.2) is 0 Å². The number of hydrogen-bond donors (Lipinski definition) is 0. The Bertz CT molecular complexity index is 748. The third-order valence-electron chi connectivity index (χ3n) is 6.50. The molecule has 0 aliphatic carbocycles. The number of benzene rings is 2. The minimum Gasteiger partial charge on any atom is -0.417 e. The quantitative estimate of drug-likeness (QED) is 0.168. The van der Waals surface area contributed by atoms with E-state index in [1.807, 2.05) is 0 Å². The maximum atomic E-state index is 6.27. The van der Waals surface area contributed by atoms with E-state index in [1.54, 1.807) is 0 Å². The molecule has 1 nitrogen and oxygen atoms in total. The molecule has 0 aliphatic heterocycles. The summed E-state index contributed by atoms with van der Waals surface area (Å²) in [6.07, 6.45) is 10.5. The van der Waals surface area contributed by atoms with Crippen LogP contribution in [0, 0.1) is 0 Å². The SMILES string of the molecule is CC(C)(C)[Si](C)(C)OCCCCCCCCCc1ccc2ccc(CBr)cc2c1. The van der Waals surface area contributed by atoms with E-state index < -0.39 is 8.32 Å². The third-order valence-corrected chi connectivity index (χ3v) is 11.7. The van der Waals surface area contributed by atoms with Crippen molar-refractivity contribution in [3.05, 3.63) is 47.5 Å². The molecule has 0 fully saturated rings. The van der Waals surface area contributed by atoms with Gasteiger partial charge in [-0.05, 0) is 59.3 Å². The molecule has 29 heavy (non-hydrogen) atoms. The number of hydrogen-bond acceptors (Lipinski definition) is 1. The molecule has 0 spiro atoms. The van der Waals surface area contributed by atoms with Gasteiger partial charge >= 0.3 is 0 Å². The number of unbranched alkanes of at least 4 members (excludes halogenated alkanes) is 6. The average Bonchev–Trinajstić information content (AvgIpc) is 2.67. The zero-order valence-corrected chi connectivity index (χ0v) is 21.9. The van der Waals surface area contributed by atoms with Crippen molar-refractivity contribution < 1.29 is 4.43 Å². The first kappa shape index (κ1) is 24.6. The molecule has 2 aromatic rings. The number of aryl methyl sites for hydroxylation is 1. The van der Waals surface area contributed by atoms with Gasteiger partial charge in [0.25, 0.3) is 0 Å². The molecule has 0 aromatic heterocycles. The normalized spacial score (nSPS) is 12.6. The van der Waals surface area contributed by atoms with Gasteiger partial charge in [0.1, 0.15) is 0 Å². The largest absolute Gasteiger partial charge is 0.417 e. The lowest BCUT2D eigenvalue weighted by atomic mass is 10.0. The van der Waals surface area contributed by atoms with Crippen molar-refractivity contribution in [1.29, 1.82) is 0 Å². The van der Waals surface area contributed by atoms with E-state index in [0.29, 0.717) is 5.04 Å². The third kappa shape index (κ3) is 8.19. The maximum absolute atomic E-state index is 6.27. The van der Waals surface area contributed by atoms with Crippen LogP contribution in [-0.4, -0.2) is 14.9 Å². The van der Waals surface area contributed by atoms with Gasteiger partial charge in [-0.3, -0.25) is 0 Å². The molecule has 0 radical (unpaired) electrons. The summed E-state index contributed by atoms with van der Waals surface area (Å²) in [5.41, 5.74) is 2.83. The highest BCUT2D eigenvalue weighted by molar-refractivity contribution is 9.08. The Hall–Kier alpha value is -0.643. The second-order valence-electron chi connectivity index (χ2n) is 9.98. The lowest BCUT2D eigenvalue weighted by molar-refractivity contribution is 0.277. The summed E-state index contributed by atoms with van der Waals surface area (Å²) in [6.45, 7) is 12.6. The van der Waals surface area contributed by atoms with Crippen LogP contribution in [0.2, 0.25) is 18.1 Å². The Morgan fingerprint density at radius 3 is 1.93 bits per heavy atom. The fraction of sp³-hybridized carbons (Fsp3) is 0.615. The first-order chi connectivity index (χ1) is 13.7. The molecular weight excluding hydrogens is 436 g/mol. The van der Waals surface area contributed by atoms with Crippen molar-refractivity contribution in [1.82, 2.24) is 0 Å². The summed E-state index contributed by atoms with van der Waals surface area (Å²) >= 11 is 3.56. The molecule has 0 atom stereocenters. The Kier molecular flexibility index (Phi) is 9.91. The summed E-state index contributed by atoms with van der Waals surface area (Å²) in [4.78, 5) is 0. The van der Waals surface area contributed by atoms with E-state index in [2.05, 4.69) is 86.2 Å². The van der Waals surface area contributed by atoms with Crippen LogP contribution in [-0.2, 0) is 16.2 Å². The van der Waals surface area contributed by atoms with Crippen molar-refractivity contribution in [2.24, 2.45) is 0 Å². The van der Waals surface area contributed by atoms with Gasteiger partial charge in [-0.15, -0.1) is 0 Å². The first-order valence-corrected chi connectivity index (χ1v) is 15.5. The summed E-state index contributed by atoms with van der Waals surface area (Å²) < 4.78 is 6.27. The smallest absolute Gasteiger partial charge is 0.191 e. The van der Waals surface area contributed by atoms with Gasteiger partial charge < -0.3 is 4.43 Å². The van der Waals surface area contributed by atoms with E-state index in [0.717, 1.165) is 11.9 Å². The van der Waals surface area contributed by atoms with Crippen molar-refractivity contribution in [3.8, 4) is 0 Å². The summed E-state index contributed by atoms with van der Waals surface area (Å²) in [5.74, 6) is 0. The summed E-state index contributed by atoms with van der Waals surface area (Å²) in [7, 11) is -1.55. The Balaban J connectivity index is 1.56. The highest BCUT2D eigenvalue weighted by Gasteiger charge is 2.36. The van der Waals surface area contributed by atoms with Gasteiger partial charge in [-0.1, -0.05) is 105 Å². The predicted octanol–water partition coefficient (Wildman–Crippen LogP) is 9.03. The van der Waals surface area contributed by atoms with E-state index in [-0.39, 0.29) is 0 Å². The maximum Gasteiger partial charge on any atom is 0.191 e. The molecule has 0 bridgehead atoms. The number of halogens is 1. The molecule has 0 amide bonds. The highest BCUT2D eigenvalue weighted by Crippen LogP contribution is 2.36. The van der Waals surface area contributed by atoms with Crippen LogP contribution in [0.1, 0.15) is 76.8 Å². The molecule has 0 unspecified atom stereocenters. The van der Waals surface area contributed by atoms with Crippen molar-refractivity contribution in [3.63, 3.8) is 0 Å². The van der Waals surface area contributed by atoms with Crippen LogP contribution in [0.15, 0.2) is 36.4 Å². The van der Waals surface area contributed by atoms with Gasteiger partial charge in [-0.2, -0.15) is 0 Å². The van der Waals surface area contributed by atoms with Crippen LogP contribution >= 0.6 is 15.9 Å². The molecule has 2 aromatic carbocycles. The molecule has 0 N–H and O–H groups in total. The zero-order valence-electron chi connectivity index (χ0n) is 19.3. The van der Waals surface area contributed by atoms with E-state index in [4.69, 9.17) is 4.43 Å². The van der Waals surface area contributed by atoms with Crippen molar-refractivity contribution in [2.45, 2.75) is 95.6 Å². The van der Waals surface area contributed by atoms with Gasteiger partial charge in [0.05, 0.1) is 0 Å². The predicted molar refractivity (Wildman–Crippen MR) is 136 cm³/mol. The standard InChI is InChI=1S/C26H41BrOSi/c1-26(2,3)29(4,5)28-18-12-10-8-6-7-9-11-13-22-14-16-24-17-15-23(21-27)20-25(24)19-22/h14-17,19-20H,6-13,18,21H2,1-5H3. The second-order valence-corrected chi connectivity index (χ2v) is 15.4. The number of rotatable bonds is 12. The van der Waals surface area contributed by atoms with E-state index >= 15 is 0 Å². The van der Waals surface area contributed by atoms with E-state index in [1.165, 1.54) is 73.3 Å². The van der Waals surface area contributed by atoms with E-state index in [9.17, 15) is 0 Å². The summed E-state index contributed by atoms with van der Waals surface area (Å²) in [6, 6.07) is 13.7. The lowest BCUT2D eigenvalue weighted by Crippen LogP contribution is -2.40.